The summed E-state index contributed by atoms with van der Waals surface area (Å²) in [5.41, 5.74) is 2.72. The minimum absolute atomic E-state index is 0.0143. The van der Waals surface area contributed by atoms with Crippen molar-refractivity contribution in [3.05, 3.63) is 27.8 Å². The van der Waals surface area contributed by atoms with Gasteiger partial charge in [-0.05, 0) is 31.0 Å². The maximum Gasteiger partial charge on any atom is 0.224 e. The highest BCUT2D eigenvalue weighted by molar-refractivity contribution is 6.32. The van der Waals surface area contributed by atoms with Crippen LogP contribution in [0.4, 0.5) is 0 Å². The predicted octanol–water partition coefficient (Wildman–Crippen LogP) is 1.96. The lowest BCUT2D eigenvalue weighted by Gasteiger charge is -2.26. The van der Waals surface area contributed by atoms with E-state index in [1.54, 1.807) is 7.11 Å². The number of carbonyl (C=O) groups is 1. The number of aryl methyl sites for hydroxylation is 1. The number of nitrogens with one attached hydrogen (secondary N) is 1. The van der Waals surface area contributed by atoms with E-state index >= 15 is 0 Å². The quantitative estimate of drug-likeness (QED) is 0.860. The zero-order valence-electron chi connectivity index (χ0n) is 14.1. The van der Waals surface area contributed by atoms with Crippen LogP contribution in [0.2, 0.25) is 5.02 Å². The van der Waals surface area contributed by atoms with Crippen LogP contribution >= 0.6 is 11.6 Å². The van der Waals surface area contributed by atoms with Gasteiger partial charge in [-0.2, -0.15) is 0 Å². The van der Waals surface area contributed by atoms with Crippen LogP contribution in [0.3, 0.4) is 0 Å². The maximum atomic E-state index is 12.2. The van der Waals surface area contributed by atoms with Crippen molar-refractivity contribution in [2.75, 3.05) is 46.5 Å². The van der Waals surface area contributed by atoms with Crippen LogP contribution in [0.1, 0.15) is 16.7 Å². The molecule has 0 radical (unpaired) electrons. The van der Waals surface area contributed by atoms with Crippen LogP contribution in [0.15, 0.2) is 6.07 Å². The molecule has 1 aromatic carbocycles. The molecule has 1 N–H and O–H groups in total. The number of carbonyl (C=O) groups excluding carboxylic acids is 1. The molecule has 0 bridgehead atoms. The molecule has 0 aromatic heterocycles. The molecule has 128 valence electrons. The van der Waals surface area contributed by atoms with E-state index in [0.717, 1.165) is 49.5 Å². The van der Waals surface area contributed by atoms with Gasteiger partial charge in [-0.25, -0.2) is 0 Å². The Hall–Kier alpha value is -1.30. The van der Waals surface area contributed by atoms with Crippen molar-refractivity contribution in [2.24, 2.45) is 0 Å². The first-order chi connectivity index (χ1) is 11.0. The number of benzene rings is 1. The lowest BCUT2D eigenvalue weighted by atomic mass is 10.0. The zero-order valence-corrected chi connectivity index (χ0v) is 14.8. The van der Waals surface area contributed by atoms with Gasteiger partial charge in [-0.15, -0.1) is 0 Å². The molecule has 1 saturated heterocycles. The van der Waals surface area contributed by atoms with Crippen LogP contribution in [0.25, 0.3) is 0 Å². The van der Waals surface area contributed by atoms with Gasteiger partial charge in [0.1, 0.15) is 5.75 Å². The molecule has 1 aliphatic rings. The Morgan fingerprint density at radius 1 is 1.39 bits per heavy atom. The summed E-state index contributed by atoms with van der Waals surface area (Å²) < 4.78 is 10.7. The van der Waals surface area contributed by atoms with E-state index < -0.39 is 0 Å². The molecule has 1 aromatic rings. The molecule has 2 rings (SSSR count). The van der Waals surface area contributed by atoms with E-state index in [9.17, 15) is 4.79 Å². The normalized spacial score (nSPS) is 15.5. The Morgan fingerprint density at radius 2 is 2.09 bits per heavy atom. The van der Waals surface area contributed by atoms with E-state index in [0.29, 0.717) is 17.3 Å². The van der Waals surface area contributed by atoms with E-state index in [1.165, 1.54) is 0 Å². The van der Waals surface area contributed by atoms with Gasteiger partial charge < -0.3 is 14.8 Å². The third kappa shape index (κ3) is 4.83. The maximum absolute atomic E-state index is 12.2. The molecule has 1 heterocycles. The van der Waals surface area contributed by atoms with Crippen LogP contribution < -0.4 is 10.1 Å². The fraction of sp³-hybridized carbons (Fsp3) is 0.588. The Balaban J connectivity index is 1.90. The van der Waals surface area contributed by atoms with E-state index in [4.69, 9.17) is 21.1 Å². The van der Waals surface area contributed by atoms with Crippen molar-refractivity contribution < 1.29 is 14.3 Å². The number of morpholine rings is 1. The molecule has 6 heteroatoms. The second kappa shape index (κ2) is 8.52. The molecular formula is C17H25ClN2O3. The van der Waals surface area contributed by atoms with Crippen molar-refractivity contribution in [1.29, 1.82) is 0 Å². The summed E-state index contributed by atoms with van der Waals surface area (Å²) in [6.07, 6.45) is 0.276. The van der Waals surface area contributed by atoms with Gasteiger partial charge in [0.05, 0.1) is 26.7 Å². The second-order valence-corrected chi connectivity index (χ2v) is 6.17. The van der Waals surface area contributed by atoms with Crippen LogP contribution in [-0.2, 0) is 16.0 Å². The summed E-state index contributed by atoms with van der Waals surface area (Å²) in [6.45, 7) is 8.74. The number of amides is 1. The summed E-state index contributed by atoms with van der Waals surface area (Å²) in [6, 6.07) is 1.88. The highest BCUT2D eigenvalue weighted by Gasteiger charge is 2.16. The number of ether oxygens (including phenoxy) is 2. The van der Waals surface area contributed by atoms with Crippen molar-refractivity contribution in [2.45, 2.75) is 20.3 Å². The predicted molar refractivity (Wildman–Crippen MR) is 91.5 cm³/mol. The Bertz CT molecular complexity index is 557. The summed E-state index contributed by atoms with van der Waals surface area (Å²) in [7, 11) is 1.61. The first-order valence-electron chi connectivity index (χ1n) is 7.92. The molecule has 0 unspecified atom stereocenters. The minimum atomic E-state index is -0.0143. The standard InChI is InChI=1S/C17H25ClN2O3/c1-12-10-15(22-3)14(13(2)17(12)18)11-16(21)19-4-5-20-6-8-23-9-7-20/h10H,4-9,11H2,1-3H3,(H,19,21). The number of nitrogens with zero attached hydrogens (tertiary/aromatic N) is 1. The largest absolute Gasteiger partial charge is 0.496 e. The summed E-state index contributed by atoms with van der Waals surface area (Å²) >= 11 is 6.30. The van der Waals surface area contributed by atoms with Crippen LogP contribution in [0, 0.1) is 13.8 Å². The monoisotopic (exact) mass is 340 g/mol. The van der Waals surface area contributed by atoms with Crippen molar-refractivity contribution in [1.82, 2.24) is 10.2 Å². The average Bonchev–Trinajstić information content (AvgIpc) is 2.56. The Morgan fingerprint density at radius 3 is 2.74 bits per heavy atom. The molecule has 0 saturated carbocycles. The van der Waals surface area contributed by atoms with E-state index in [2.05, 4.69) is 10.2 Å². The van der Waals surface area contributed by atoms with Crippen LogP contribution in [0.5, 0.6) is 5.75 Å². The summed E-state index contributed by atoms with van der Waals surface area (Å²) in [5, 5.41) is 3.67. The molecule has 1 aliphatic heterocycles. The number of methoxy groups -OCH3 is 1. The molecule has 0 atom stereocenters. The molecule has 0 spiro atoms. The van der Waals surface area contributed by atoms with Gasteiger partial charge in [0.15, 0.2) is 0 Å². The number of halogens is 1. The van der Waals surface area contributed by atoms with Gasteiger partial charge in [-0.3, -0.25) is 9.69 Å². The van der Waals surface area contributed by atoms with Gasteiger partial charge >= 0.3 is 0 Å². The number of hydrogen-bond donors (Lipinski definition) is 1. The molecule has 1 fully saturated rings. The molecule has 1 amide bonds. The molecule has 0 aliphatic carbocycles. The third-order valence-electron chi connectivity index (χ3n) is 4.18. The zero-order chi connectivity index (χ0) is 16.8. The SMILES string of the molecule is COc1cc(C)c(Cl)c(C)c1CC(=O)NCCN1CCOCC1. The lowest BCUT2D eigenvalue weighted by molar-refractivity contribution is -0.120. The highest BCUT2D eigenvalue weighted by atomic mass is 35.5. The minimum Gasteiger partial charge on any atom is -0.496 e. The van der Waals surface area contributed by atoms with E-state index in [-0.39, 0.29) is 12.3 Å². The third-order valence-corrected chi connectivity index (χ3v) is 4.77. The summed E-state index contributed by atoms with van der Waals surface area (Å²) in [5.74, 6) is 0.701. The lowest BCUT2D eigenvalue weighted by Crippen LogP contribution is -2.41. The van der Waals surface area contributed by atoms with E-state index in [1.807, 2.05) is 19.9 Å². The first kappa shape index (κ1) is 18.0. The topological polar surface area (TPSA) is 50.8 Å². The smallest absolute Gasteiger partial charge is 0.224 e. The number of rotatable bonds is 6. The highest BCUT2D eigenvalue weighted by Crippen LogP contribution is 2.31. The molecule has 23 heavy (non-hydrogen) atoms. The van der Waals surface area contributed by atoms with Crippen molar-refractivity contribution in [3.63, 3.8) is 0 Å². The van der Waals surface area contributed by atoms with Gasteiger partial charge in [0, 0.05) is 36.8 Å². The van der Waals surface area contributed by atoms with Crippen molar-refractivity contribution >= 4 is 17.5 Å². The van der Waals surface area contributed by atoms with Gasteiger partial charge in [0.25, 0.3) is 0 Å². The Labute approximate surface area is 142 Å². The van der Waals surface area contributed by atoms with Crippen molar-refractivity contribution in [3.8, 4) is 5.75 Å². The van der Waals surface area contributed by atoms with Gasteiger partial charge in [-0.1, -0.05) is 11.6 Å². The molecular weight excluding hydrogens is 316 g/mol. The van der Waals surface area contributed by atoms with Crippen LogP contribution in [-0.4, -0.2) is 57.3 Å². The first-order valence-corrected chi connectivity index (χ1v) is 8.30. The number of hydrogen-bond acceptors (Lipinski definition) is 4. The molecule has 5 nitrogen and oxygen atoms in total. The van der Waals surface area contributed by atoms with Gasteiger partial charge in [0.2, 0.25) is 5.91 Å². The average molecular weight is 341 g/mol. The summed E-state index contributed by atoms with van der Waals surface area (Å²) in [4.78, 5) is 14.5. The fourth-order valence-corrected chi connectivity index (χ4v) is 2.93. The fourth-order valence-electron chi connectivity index (χ4n) is 2.76. The second-order valence-electron chi connectivity index (χ2n) is 5.79. The Kier molecular flexibility index (Phi) is 6.69.